The zero-order chi connectivity index (χ0) is 17.3. The minimum Gasteiger partial charge on any atom is -0.497 e. The molecular weight excluding hydrogens is 329 g/mol. The standard InChI is InChI=1S/C18H20FNO3S/c1-13(14-7-8-14)20(15-9-11-16(23-2)12-10-15)24(21,22)18-6-4-3-5-17(18)19/h3-6,9-14H,7-8H2,1-2H3. The molecule has 0 aliphatic heterocycles. The van der Waals surface area contributed by atoms with Gasteiger partial charge in [-0.3, -0.25) is 4.31 Å². The molecule has 0 amide bonds. The minimum absolute atomic E-state index is 0.233. The van der Waals surface area contributed by atoms with Crippen LogP contribution in [0.1, 0.15) is 19.8 Å². The number of halogens is 1. The van der Waals surface area contributed by atoms with Crippen LogP contribution in [0.15, 0.2) is 53.4 Å². The average Bonchev–Trinajstić information content (AvgIpc) is 3.40. The van der Waals surface area contributed by atoms with Gasteiger partial charge in [0.05, 0.1) is 12.8 Å². The van der Waals surface area contributed by atoms with Gasteiger partial charge in [0.2, 0.25) is 0 Å². The van der Waals surface area contributed by atoms with Gasteiger partial charge in [-0.25, -0.2) is 12.8 Å². The van der Waals surface area contributed by atoms with Crippen molar-refractivity contribution in [3.63, 3.8) is 0 Å². The summed E-state index contributed by atoms with van der Waals surface area (Å²) in [5.41, 5.74) is 0.512. The molecule has 1 unspecified atom stereocenters. The third-order valence-electron chi connectivity index (χ3n) is 4.37. The minimum atomic E-state index is -3.99. The first-order chi connectivity index (χ1) is 11.4. The van der Waals surface area contributed by atoms with Crippen LogP contribution >= 0.6 is 0 Å². The lowest BCUT2D eigenvalue weighted by Crippen LogP contribution is -2.40. The van der Waals surface area contributed by atoms with Crippen LogP contribution in [-0.4, -0.2) is 21.6 Å². The molecule has 0 spiro atoms. The van der Waals surface area contributed by atoms with Gasteiger partial charge in [0, 0.05) is 6.04 Å². The molecule has 1 saturated carbocycles. The molecule has 0 radical (unpaired) electrons. The number of rotatable bonds is 6. The van der Waals surface area contributed by atoms with E-state index in [4.69, 9.17) is 4.74 Å². The Morgan fingerprint density at radius 3 is 2.29 bits per heavy atom. The molecule has 4 nitrogen and oxygen atoms in total. The van der Waals surface area contributed by atoms with E-state index < -0.39 is 15.8 Å². The van der Waals surface area contributed by atoms with Crippen LogP contribution in [0.3, 0.4) is 0 Å². The number of hydrogen-bond donors (Lipinski definition) is 0. The first-order valence-corrected chi connectivity index (χ1v) is 9.32. The van der Waals surface area contributed by atoms with Crippen molar-refractivity contribution in [1.82, 2.24) is 0 Å². The third-order valence-corrected chi connectivity index (χ3v) is 6.32. The summed E-state index contributed by atoms with van der Waals surface area (Å²) in [5.74, 6) is 0.203. The van der Waals surface area contributed by atoms with E-state index in [0.717, 1.165) is 12.8 Å². The van der Waals surface area contributed by atoms with E-state index in [1.54, 1.807) is 31.4 Å². The number of ether oxygens (including phenoxy) is 1. The molecule has 2 aromatic rings. The number of hydrogen-bond acceptors (Lipinski definition) is 3. The van der Waals surface area contributed by atoms with Gasteiger partial charge >= 0.3 is 0 Å². The largest absolute Gasteiger partial charge is 0.497 e. The first-order valence-electron chi connectivity index (χ1n) is 7.88. The van der Waals surface area contributed by atoms with E-state index in [2.05, 4.69) is 0 Å². The van der Waals surface area contributed by atoms with Crippen molar-refractivity contribution in [2.24, 2.45) is 5.92 Å². The SMILES string of the molecule is COc1ccc(N(C(C)C2CC2)S(=O)(=O)c2ccccc2F)cc1. The molecule has 0 aromatic heterocycles. The predicted molar refractivity (Wildman–Crippen MR) is 91.2 cm³/mol. The second-order valence-corrected chi connectivity index (χ2v) is 7.79. The summed E-state index contributed by atoms with van der Waals surface area (Å²) in [6.07, 6.45) is 1.97. The Hall–Kier alpha value is -2.08. The van der Waals surface area contributed by atoms with Crippen molar-refractivity contribution in [1.29, 1.82) is 0 Å². The molecule has 0 heterocycles. The van der Waals surface area contributed by atoms with E-state index in [1.165, 1.54) is 28.6 Å². The number of anilines is 1. The van der Waals surface area contributed by atoms with Gasteiger partial charge in [0.25, 0.3) is 10.0 Å². The van der Waals surface area contributed by atoms with Crippen molar-refractivity contribution in [2.45, 2.75) is 30.7 Å². The van der Waals surface area contributed by atoms with Crippen molar-refractivity contribution in [3.8, 4) is 5.75 Å². The van der Waals surface area contributed by atoms with Crippen LogP contribution in [0.25, 0.3) is 0 Å². The molecule has 128 valence electrons. The Balaban J connectivity index is 2.08. The highest BCUT2D eigenvalue weighted by atomic mass is 32.2. The first kappa shape index (κ1) is 16.8. The zero-order valence-electron chi connectivity index (χ0n) is 13.6. The summed E-state index contributed by atoms with van der Waals surface area (Å²) in [6.45, 7) is 1.88. The van der Waals surface area contributed by atoms with Gasteiger partial charge in [-0.2, -0.15) is 0 Å². The highest BCUT2D eigenvalue weighted by Crippen LogP contribution is 2.40. The van der Waals surface area contributed by atoms with Gasteiger partial charge in [-0.05, 0) is 62.1 Å². The van der Waals surface area contributed by atoms with Crippen molar-refractivity contribution in [3.05, 3.63) is 54.3 Å². The quantitative estimate of drug-likeness (QED) is 0.796. The molecule has 1 fully saturated rings. The lowest BCUT2D eigenvalue weighted by atomic mass is 10.2. The third kappa shape index (κ3) is 3.11. The van der Waals surface area contributed by atoms with Crippen LogP contribution < -0.4 is 9.04 Å². The molecule has 0 saturated heterocycles. The summed E-state index contributed by atoms with van der Waals surface area (Å²) in [4.78, 5) is -0.298. The Labute approximate surface area is 141 Å². The molecule has 1 atom stereocenters. The van der Waals surface area contributed by atoms with Gasteiger partial charge in [-0.15, -0.1) is 0 Å². The zero-order valence-corrected chi connectivity index (χ0v) is 14.5. The Bertz CT molecular complexity index is 816. The van der Waals surface area contributed by atoms with Crippen molar-refractivity contribution >= 4 is 15.7 Å². The van der Waals surface area contributed by atoms with Gasteiger partial charge in [0.15, 0.2) is 0 Å². The average molecular weight is 349 g/mol. The monoisotopic (exact) mass is 349 g/mol. The Kier molecular flexibility index (Phi) is 4.49. The number of nitrogens with zero attached hydrogens (tertiary/aromatic N) is 1. The molecule has 6 heteroatoms. The fourth-order valence-electron chi connectivity index (χ4n) is 2.85. The highest BCUT2D eigenvalue weighted by Gasteiger charge is 2.39. The highest BCUT2D eigenvalue weighted by molar-refractivity contribution is 7.92. The maximum atomic E-state index is 14.1. The lowest BCUT2D eigenvalue weighted by molar-refractivity contribution is 0.415. The van der Waals surface area contributed by atoms with E-state index in [-0.39, 0.29) is 10.9 Å². The topological polar surface area (TPSA) is 46.6 Å². The number of sulfonamides is 1. The Morgan fingerprint density at radius 1 is 1.12 bits per heavy atom. The molecule has 0 N–H and O–H groups in total. The number of methoxy groups -OCH3 is 1. The molecular formula is C18H20FNO3S. The fourth-order valence-corrected chi connectivity index (χ4v) is 4.64. The summed E-state index contributed by atoms with van der Waals surface area (Å²) in [6, 6.07) is 12.1. The van der Waals surface area contributed by atoms with Gasteiger partial charge in [0.1, 0.15) is 16.5 Å². The maximum absolute atomic E-state index is 14.1. The van der Waals surface area contributed by atoms with Crippen LogP contribution in [0.2, 0.25) is 0 Å². The normalized spacial score (nSPS) is 15.8. The molecule has 1 aliphatic carbocycles. The van der Waals surface area contributed by atoms with E-state index in [9.17, 15) is 12.8 Å². The molecule has 3 rings (SSSR count). The molecule has 24 heavy (non-hydrogen) atoms. The van der Waals surface area contributed by atoms with Crippen LogP contribution in [0, 0.1) is 11.7 Å². The van der Waals surface area contributed by atoms with Crippen LogP contribution in [0.4, 0.5) is 10.1 Å². The Morgan fingerprint density at radius 2 is 1.75 bits per heavy atom. The fraction of sp³-hybridized carbons (Fsp3) is 0.333. The van der Waals surface area contributed by atoms with Gasteiger partial charge in [-0.1, -0.05) is 12.1 Å². The van der Waals surface area contributed by atoms with Crippen molar-refractivity contribution < 1.29 is 17.5 Å². The summed E-state index contributed by atoms with van der Waals surface area (Å²) >= 11 is 0. The lowest BCUT2D eigenvalue weighted by Gasteiger charge is -2.31. The molecule has 1 aliphatic rings. The maximum Gasteiger partial charge on any atom is 0.267 e. The summed E-state index contributed by atoms with van der Waals surface area (Å²) in [5, 5.41) is 0. The van der Waals surface area contributed by atoms with Crippen LogP contribution in [-0.2, 0) is 10.0 Å². The predicted octanol–water partition coefficient (Wildman–Crippen LogP) is 3.83. The van der Waals surface area contributed by atoms with E-state index in [1.807, 2.05) is 6.92 Å². The summed E-state index contributed by atoms with van der Waals surface area (Å²) < 4.78 is 46.9. The smallest absolute Gasteiger partial charge is 0.267 e. The molecule has 0 bridgehead atoms. The van der Waals surface area contributed by atoms with E-state index >= 15 is 0 Å². The van der Waals surface area contributed by atoms with Crippen molar-refractivity contribution in [2.75, 3.05) is 11.4 Å². The van der Waals surface area contributed by atoms with Gasteiger partial charge < -0.3 is 4.74 Å². The van der Waals surface area contributed by atoms with E-state index in [0.29, 0.717) is 17.4 Å². The molecule has 2 aromatic carbocycles. The second-order valence-electron chi connectivity index (χ2n) is 6.01. The summed E-state index contributed by atoms with van der Waals surface area (Å²) in [7, 11) is -2.44. The van der Waals surface area contributed by atoms with Crippen LogP contribution in [0.5, 0.6) is 5.75 Å². The second kappa shape index (κ2) is 6.43. The number of benzene rings is 2.